The topological polar surface area (TPSA) is 51.8 Å². The first-order valence-electron chi connectivity index (χ1n) is 7.08. The fourth-order valence-corrected chi connectivity index (χ4v) is 2.29. The molecule has 0 fully saturated rings. The van der Waals surface area contributed by atoms with E-state index in [-0.39, 0.29) is 0 Å². The summed E-state index contributed by atoms with van der Waals surface area (Å²) >= 11 is 5.94. The lowest BCUT2D eigenvalue weighted by atomic mass is 10.0. The third-order valence-electron chi connectivity index (χ3n) is 3.39. The van der Waals surface area contributed by atoms with Gasteiger partial charge < -0.3 is 5.73 Å². The molecule has 4 heteroatoms. The summed E-state index contributed by atoms with van der Waals surface area (Å²) in [5.74, 6) is 6.60. The highest BCUT2D eigenvalue weighted by molar-refractivity contribution is 6.30. The van der Waals surface area contributed by atoms with Gasteiger partial charge in [-0.3, -0.25) is 0 Å². The molecule has 0 spiro atoms. The summed E-state index contributed by atoms with van der Waals surface area (Å²) in [5, 5.41) is 0.663. The van der Waals surface area contributed by atoms with Gasteiger partial charge in [-0.25, -0.2) is 9.97 Å². The van der Waals surface area contributed by atoms with E-state index in [4.69, 9.17) is 17.3 Å². The van der Waals surface area contributed by atoms with Gasteiger partial charge in [0.25, 0.3) is 0 Å². The van der Waals surface area contributed by atoms with Gasteiger partial charge in [0.2, 0.25) is 0 Å². The Morgan fingerprint density at radius 3 is 2.30 bits per heavy atom. The minimum atomic E-state index is 0.399. The largest absolute Gasteiger partial charge is 0.383 e. The number of anilines is 1. The van der Waals surface area contributed by atoms with Crippen LogP contribution < -0.4 is 5.73 Å². The van der Waals surface area contributed by atoms with Crippen LogP contribution in [0.1, 0.15) is 16.8 Å². The molecule has 1 heterocycles. The number of hydrogen-bond donors (Lipinski definition) is 1. The third-order valence-corrected chi connectivity index (χ3v) is 3.64. The fraction of sp³-hybridized carbons (Fsp3) is 0.0526. The van der Waals surface area contributed by atoms with Crippen molar-refractivity contribution in [2.24, 2.45) is 0 Å². The monoisotopic (exact) mass is 319 g/mol. The second-order valence-corrected chi connectivity index (χ2v) is 5.54. The van der Waals surface area contributed by atoms with Crippen LogP contribution in [-0.4, -0.2) is 9.97 Å². The Bertz CT molecular complexity index is 889. The van der Waals surface area contributed by atoms with Crippen molar-refractivity contribution >= 4 is 17.4 Å². The number of aromatic nitrogens is 2. The average molecular weight is 320 g/mol. The Morgan fingerprint density at radius 2 is 1.61 bits per heavy atom. The van der Waals surface area contributed by atoms with Crippen molar-refractivity contribution in [3.8, 4) is 23.0 Å². The first kappa shape index (κ1) is 15.1. The Kier molecular flexibility index (Phi) is 4.27. The number of benzene rings is 2. The number of aryl methyl sites for hydroxylation is 1. The van der Waals surface area contributed by atoms with Crippen LogP contribution in [0.3, 0.4) is 0 Å². The minimum absolute atomic E-state index is 0.399. The first-order chi connectivity index (χ1) is 11.1. The molecule has 0 saturated heterocycles. The number of nitrogen functional groups attached to an aromatic ring is 1. The lowest BCUT2D eigenvalue weighted by Gasteiger charge is -2.06. The van der Waals surface area contributed by atoms with Gasteiger partial charge in [-0.1, -0.05) is 47.4 Å². The zero-order valence-electron chi connectivity index (χ0n) is 12.5. The molecule has 3 rings (SSSR count). The number of hydrogen-bond acceptors (Lipinski definition) is 3. The van der Waals surface area contributed by atoms with Gasteiger partial charge in [-0.15, -0.1) is 0 Å². The number of rotatable bonds is 1. The van der Waals surface area contributed by atoms with Gasteiger partial charge >= 0.3 is 0 Å². The van der Waals surface area contributed by atoms with Crippen molar-refractivity contribution in [3.05, 3.63) is 76.7 Å². The molecular formula is C19H14ClN3. The van der Waals surface area contributed by atoms with E-state index in [0.717, 1.165) is 16.7 Å². The normalized spacial score (nSPS) is 10.0. The SMILES string of the molecule is Cc1ccc(C#Cc2ncnc(N)c2-c2ccc(Cl)cc2)cc1. The van der Waals surface area contributed by atoms with E-state index in [2.05, 4.69) is 21.8 Å². The molecule has 0 atom stereocenters. The van der Waals surface area contributed by atoms with Crippen LogP contribution in [0.2, 0.25) is 5.02 Å². The zero-order chi connectivity index (χ0) is 16.2. The van der Waals surface area contributed by atoms with E-state index >= 15 is 0 Å². The molecule has 0 unspecified atom stereocenters. The third kappa shape index (κ3) is 3.50. The summed E-state index contributed by atoms with van der Waals surface area (Å²) < 4.78 is 0. The molecule has 23 heavy (non-hydrogen) atoms. The number of nitrogens with zero attached hydrogens (tertiary/aromatic N) is 2. The molecule has 0 bridgehead atoms. The maximum Gasteiger partial charge on any atom is 0.135 e. The van der Waals surface area contributed by atoms with Crippen LogP contribution in [0.25, 0.3) is 11.1 Å². The van der Waals surface area contributed by atoms with E-state index in [1.54, 1.807) is 12.1 Å². The Labute approximate surface area is 140 Å². The molecule has 3 nitrogen and oxygen atoms in total. The van der Waals surface area contributed by atoms with Gasteiger partial charge in [0, 0.05) is 10.6 Å². The van der Waals surface area contributed by atoms with E-state index in [1.165, 1.54) is 11.9 Å². The second-order valence-electron chi connectivity index (χ2n) is 5.11. The summed E-state index contributed by atoms with van der Waals surface area (Å²) in [7, 11) is 0. The zero-order valence-corrected chi connectivity index (χ0v) is 13.3. The molecule has 0 aliphatic rings. The lowest BCUT2D eigenvalue weighted by Crippen LogP contribution is -1.99. The van der Waals surface area contributed by atoms with Crippen molar-refractivity contribution in [2.75, 3.05) is 5.73 Å². The Balaban J connectivity index is 2.05. The lowest BCUT2D eigenvalue weighted by molar-refractivity contribution is 1.16. The molecule has 2 N–H and O–H groups in total. The van der Waals surface area contributed by atoms with Crippen LogP contribution in [0.4, 0.5) is 5.82 Å². The van der Waals surface area contributed by atoms with E-state index in [9.17, 15) is 0 Å². The Morgan fingerprint density at radius 1 is 0.913 bits per heavy atom. The molecule has 0 radical (unpaired) electrons. The quantitative estimate of drug-likeness (QED) is 0.687. The standard InChI is InChI=1S/C19H14ClN3/c1-13-2-4-14(5-3-13)6-11-17-18(19(21)23-12-22-17)15-7-9-16(20)10-8-15/h2-5,7-10,12H,1H3,(H2,21,22,23). The van der Waals surface area contributed by atoms with Gasteiger partial charge in [0.05, 0.1) is 5.56 Å². The summed E-state index contributed by atoms with van der Waals surface area (Å²) in [6.45, 7) is 2.04. The predicted octanol–water partition coefficient (Wildman–Crippen LogP) is 4.09. The highest BCUT2D eigenvalue weighted by Crippen LogP contribution is 2.27. The van der Waals surface area contributed by atoms with Crippen LogP contribution in [0.15, 0.2) is 54.9 Å². The highest BCUT2D eigenvalue weighted by atomic mass is 35.5. The molecular weight excluding hydrogens is 306 g/mol. The summed E-state index contributed by atoms with van der Waals surface area (Å²) in [6, 6.07) is 15.4. The number of halogens is 1. The van der Waals surface area contributed by atoms with Gasteiger partial charge in [0.15, 0.2) is 0 Å². The van der Waals surface area contributed by atoms with E-state index < -0.39 is 0 Å². The van der Waals surface area contributed by atoms with E-state index in [1.807, 2.05) is 43.3 Å². The molecule has 3 aromatic rings. The minimum Gasteiger partial charge on any atom is -0.383 e. The maximum absolute atomic E-state index is 6.03. The summed E-state index contributed by atoms with van der Waals surface area (Å²) in [6.07, 6.45) is 1.42. The van der Waals surface area contributed by atoms with Crippen LogP contribution in [0, 0.1) is 18.8 Å². The van der Waals surface area contributed by atoms with Crippen molar-refractivity contribution in [3.63, 3.8) is 0 Å². The molecule has 0 aliphatic heterocycles. The predicted molar refractivity (Wildman–Crippen MR) is 94.0 cm³/mol. The summed E-state index contributed by atoms with van der Waals surface area (Å²) in [4.78, 5) is 8.34. The molecule has 112 valence electrons. The van der Waals surface area contributed by atoms with Crippen LogP contribution >= 0.6 is 11.6 Å². The number of nitrogens with two attached hydrogens (primary N) is 1. The first-order valence-corrected chi connectivity index (χ1v) is 7.46. The van der Waals surface area contributed by atoms with Crippen LogP contribution in [0.5, 0.6) is 0 Å². The molecule has 0 saturated carbocycles. The second kappa shape index (κ2) is 6.51. The van der Waals surface area contributed by atoms with Crippen molar-refractivity contribution in [1.29, 1.82) is 0 Å². The fourth-order valence-electron chi connectivity index (χ4n) is 2.16. The maximum atomic E-state index is 6.03. The summed E-state index contributed by atoms with van der Waals surface area (Å²) in [5.41, 5.74) is 10.4. The van der Waals surface area contributed by atoms with Crippen molar-refractivity contribution in [1.82, 2.24) is 9.97 Å². The van der Waals surface area contributed by atoms with E-state index in [0.29, 0.717) is 16.5 Å². The average Bonchev–Trinajstić information content (AvgIpc) is 2.55. The smallest absolute Gasteiger partial charge is 0.135 e. The van der Waals surface area contributed by atoms with Crippen molar-refractivity contribution in [2.45, 2.75) is 6.92 Å². The molecule has 1 aromatic heterocycles. The van der Waals surface area contributed by atoms with Crippen LogP contribution in [-0.2, 0) is 0 Å². The molecule has 2 aromatic carbocycles. The van der Waals surface area contributed by atoms with Gasteiger partial charge in [-0.05, 0) is 42.7 Å². The van der Waals surface area contributed by atoms with Crippen molar-refractivity contribution < 1.29 is 0 Å². The highest BCUT2D eigenvalue weighted by Gasteiger charge is 2.10. The van der Waals surface area contributed by atoms with Gasteiger partial charge in [-0.2, -0.15) is 0 Å². The molecule has 0 amide bonds. The molecule has 0 aliphatic carbocycles. The Hall–Kier alpha value is -2.83. The van der Waals surface area contributed by atoms with Gasteiger partial charge in [0.1, 0.15) is 17.8 Å².